The van der Waals surface area contributed by atoms with E-state index in [0.29, 0.717) is 43.0 Å². The van der Waals surface area contributed by atoms with Crippen LogP contribution in [0.15, 0.2) is 48.5 Å². The molecule has 2 aromatic heterocycles. The summed E-state index contributed by atoms with van der Waals surface area (Å²) in [6, 6.07) is 17.2. The van der Waals surface area contributed by atoms with Gasteiger partial charge >= 0.3 is 5.97 Å². The molecule has 0 amide bonds. The Balaban J connectivity index is 1.27. The Morgan fingerprint density at radius 2 is 1.81 bits per heavy atom. The summed E-state index contributed by atoms with van der Waals surface area (Å²) in [6.07, 6.45) is 5.28. The van der Waals surface area contributed by atoms with E-state index < -0.39 is 21.7 Å². The van der Waals surface area contributed by atoms with Crippen molar-refractivity contribution in [1.29, 1.82) is 0 Å². The fourth-order valence-electron chi connectivity index (χ4n) is 8.75. The molecule has 3 aromatic carbocycles. The molecule has 8 bridgehead atoms. The molecule has 4 atom stereocenters. The van der Waals surface area contributed by atoms with E-state index in [4.69, 9.17) is 26.2 Å². The van der Waals surface area contributed by atoms with Gasteiger partial charge in [-0.3, -0.25) is 15.5 Å². The fourth-order valence-corrected chi connectivity index (χ4v) is 10.4. The van der Waals surface area contributed by atoms with Crippen LogP contribution >= 0.6 is 11.6 Å². The summed E-state index contributed by atoms with van der Waals surface area (Å²) < 4.78 is 31.9. The third-order valence-electron chi connectivity index (χ3n) is 11.2. The zero-order valence-electron chi connectivity index (χ0n) is 31.4. The Morgan fingerprint density at radius 1 is 1.04 bits per heavy atom. The average molecular weight is 757 g/mol. The van der Waals surface area contributed by atoms with E-state index >= 15 is 0 Å². The number of methoxy groups -OCH3 is 1. The van der Waals surface area contributed by atoms with Gasteiger partial charge in [0, 0.05) is 51.1 Å². The maximum absolute atomic E-state index is 14.2. The van der Waals surface area contributed by atoms with E-state index in [1.807, 2.05) is 51.4 Å². The van der Waals surface area contributed by atoms with E-state index in [0.717, 1.165) is 82.2 Å². The number of benzene rings is 3. The Hall–Kier alpha value is -3.74. The highest BCUT2D eigenvalue weighted by Crippen LogP contribution is 2.48. The van der Waals surface area contributed by atoms with Gasteiger partial charge in [-0.05, 0) is 108 Å². The predicted molar refractivity (Wildman–Crippen MR) is 212 cm³/mol. The molecule has 3 aliphatic heterocycles. The third-order valence-corrected chi connectivity index (χ3v) is 13.3. The van der Waals surface area contributed by atoms with Crippen LogP contribution in [0, 0.1) is 13.8 Å². The maximum Gasteiger partial charge on any atom is 0.354 e. The van der Waals surface area contributed by atoms with E-state index in [9.17, 15) is 9.00 Å². The number of fused-ring (bicyclic) bond motifs is 7. The Bertz CT molecular complexity index is 2260. The van der Waals surface area contributed by atoms with Gasteiger partial charge in [0.15, 0.2) is 0 Å². The number of hydrazine groups is 1. The maximum atomic E-state index is 14.2. The zero-order valence-corrected chi connectivity index (χ0v) is 33.0. The highest BCUT2D eigenvalue weighted by atomic mass is 35.5. The first kappa shape index (κ1) is 36.2. The summed E-state index contributed by atoms with van der Waals surface area (Å²) in [4.78, 5) is 13.5. The highest BCUT2D eigenvalue weighted by molar-refractivity contribution is 7.84. The number of aryl methyl sites for hydroxylation is 4. The van der Waals surface area contributed by atoms with Gasteiger partial charge in [-0.2, -0.15) is 9.40 Å². The molecule has 53 heavy (non-hydrogen) atoms. The summed E-state index contributed by atoms with van der Waals surface area (Å²) in [5, 5.41) is 8.80. The van der Waals surface area contributed by atoms with Crippen molar-refractivity contribution in [1.82, 2.24) is 29.5 Å². The summed E-state index contributed by atoms with van der Waals surface area (Å²) in [7, 11) is 0.145. The summed E-state index contributed by atoms with van der Waals surface area (Å²) in [6.45, 7) is 11.5. The first-order valence-corrected chi connectivity index (χ1v) is 20.2. The molecule has 10 nitrogen and oxygen atoms in total. The van der Waals surface area contributed by atoms with Crippen molar-refractivity contribution in [2.24, 2.45) is 0 Å². The standard InChI is InChI=1S/C41H49ClN6O4S/c1-24-35-32-17-15-31(42)37(35)36-25(2)45-47-23-48(53(50)41(3,4)5)33(39(36)47)16-14-29-22-28(43-44-29)13-12-26-20-27-10-7-8-11-30(27)34(21-26)52-19-9-18-46(32)38(24)40(49)51-6/h7-8,10-11,15,17,20-21,28-29,33,43-44H,9,12-14,16,18-19,22-23H2,1-6H3. The summed E-state index contributed by atoms with van der Waals surface area (Å²) in [5.41, 5.74) is 14.3. The number of aromatic nitrogens is 3. The number of hydrogen-bond donors (Lipinski definition) is 2. The second-order valence-electron chi connectivity index (χ2n) is 15.8. The number of ether oxygens (including phenoxy) is 2. The Kier molecular flexibility index (Phi) is 9.68. The van der Waals surface area contributed by atoms with E-state index in [1.165, 1.54) is 18.1 Å². The van der Waals surface area contributed by atoms with E-state index in [2.05, 4.69) is 56.1 Å². The summed E-state index contributed by atoms with van der Waals surface area (Å²) in [5.74, 6) is 0.486. The molecule has 1 saturated heterocycles. The van der Waals surface area contributed by atoms with E-state index in [-0.39, 0.29) is 12.1 Å². The number of rotatable bonds is 2. The number of hydrogen-bond acceptors (Lipinski definition) is 7. The van der Waals surface area contributed by atoms with Crippen molar-refractivity contribution in [2.45, 2.75) is 109 Å². The number of carbonyl (C=O) groups excluding carboxylic acids is 1. The van der Waals surface area contributed by atoms with Crippen LogP contribution in [0.5, 0.6) is 5.75 Å². The number of nitrogens with one attached hydrogen (secondary N) is 2. The van der Waals surface area contributed by atoms with Gasteiger partial charge in [0.2, 0.25) is 0 Å². The quantitative estimate of drug-likeness (QED) is 0.177. The van der Waals surface area contributed by atoms with Crippen molar-refractivity contribution in [2.75, 3.05) is 13.7 Å². The van der Waals surface area contributed by atoms with Gasteiger partial charge in [0.25, 0.3) is 0 Å². The minimum atomic E-state index is -1.28. The van der Waals surface area contributed by atoms with E-state index in [1.54, 1.807) is 0 Å². The predicted octanol–water partition coefficient (Wildman–Crippen LogP) is 7.92. The van der Waals surface area contributed by atoms with Gasteiger partial charge in [0.05, 0.1) is 35.9 Å². The summed E-state index contributed by atoms with van der Waals surface area (Å²) >= 11 is 7.22. The lowest BCUT2D eigenvalue weighted by Crippen LogP contribution is -2.38. The average Bonchev–Trinajstić information content (AvgIpc) is 3.88. The van der Waals surface area contributed by atoms with Crippen molar-refractivity contribution in [3.63, 3.8) is 0 Å². The van der Waals surface area contributed by atoms with Crippen LogP contribution in [0.3, 0.4) is 0 Å². The number of esters is 1. The number of carbonyl (C=O) groups is 1. The minimum Gasteiger partial charge on any atom is -0.493 e. The van der Waals surface area contributed by atoms with Crippen LogP contribution in [0.4, 0.5) is 0 Å². The SMILES string of the molecule is COC(=O)c1c(C)c2c3c(Cl)ccc2n1CCCOc1cc(cc2ccccc12)CCC1CC(CCC2c4c-3c(C)nn4CN2S(=O)C(C)(C)C)NN1. The Morgan fingerprint density at radius 3 is 2.58 bits per heavy atom. The van der Waals surface area contributed by atoms with Crippen molar-refractivity contribution >= 4 is 50.2 Å². The minimum absolute atomic E-state index is 0.150. The van der Waals surface area contributed by atoms with Gasteiger partial charge in [0.1, 0.15) is 29.1 Å². The van der Waals surface area contributed by atoms with Crippen LogP contribution in [-0.4, -0.2) is 59.4 Å². The molecule has 0 spiro atoms. The van der Waals surface area contributed by atoms with Crippen LogP contribution in [0.2, 0.25) is 5.02 Å². The monoisotopic (exact) mass is 756 g/mol. The lowest BCUT2D eigenvalue weighted by atomic mass is 9.92. The van der Waals surface area contributed by atoms with Crippen molar-refractivity contribution < 1.29 is 18.5 Å². The molecule has 0 saturated carbocycles. The number of nitrogens with zero attached hydrogens (tertiary/aromatic N) is 4. The zero-order chi connectivity index (χ0) is 37.2. The molecule has 12 heteroatoms. The molecule has 280 valence electrons. The van der Waals surface area contributed by atoms with Gasteiger partial charge in [-0.15, -0.1) is 0 Å². The Labute approximate surface area is 318 Å². The molecule has 5 heterocycles. The molecule has 0 aliphatic carbocycles. The van der Waals surface area contributed by atoms with Gasteiger partial charge in [-0.1, -0.05) is 41.9 Å². The van der Waals surface area contributed by atoms with Crippen molar-refractivity contribution in [3.8, 4) is 16.9 Å². The van der Waals surface area contributed by atoms with Crippen LogP contribution < -0.4 is 15.6 Å². The van der Waals surface area contributed by atoms with Crippen LogP contribution in [0.25, 0.3) is 32.8 Å². The molecule has 4 unspecified atom stereocenters. The normalized spacial score (nSPS) is 21.8. The smallest absolute Gasteiger partial charge is 0.354 e. The van der Waals surface area contributed by atoms with Crippen molar-refractivity contribution in [3.05, 3.63) is 81.8 Å². The van der Waals surface area contributed by atoms with Gasteiger partial charge < -0.3 is 14.0 Å². The van der Waals surface area contributed by atoms with Crippen LogP contribution in [0.1, 0.15) is 91.9 Å². The topological polar surface area (TPSA) is 103 Å². The molecule has 0 radical (unpaired) electrons. The number of halogens is 1. The van der Waals surface area contributed by atoms with Crippen LogP contribution in [-0.2, 0) is 35.4 Å². The second-order valence-corrected chi connectivity index (χ2v) is 18.4. The first-order valence-electron chi connectivity index (χ1n) is 18.8. The van der Waals surface area contributed by atoms with Gasteiger partial charge in [-0.25, -0.2) is 9.00 Å². The molecular weight excluding hydrogens is 708 g/mol. The fraction of sp³-hybridized carbons (Fsp3) is 0.463. The lowest BCUT2D eigenvalue weighted by molar-refractivity contribution is 0.0587. The third kappa shape index (κ3) is 6.48. The molecular formula is C41H49ClN6O4S. The molecule has 2 N–H and O–H groups in total. The first-order chi connectivity index (χ1) is 25.4. The molecule has 1 fully saturated rings. The molecule has 3 aliphatic rings. The lowest BCUT2D eigenvalue weighted by Gasteiger charge is -2.30. The largest absolute Gasteiger partial charge is 0.493 e. The molecule has 5 aromatic rings. The highest BCUT2D eigenvalue weighted by Gasteiger charge is 2.43. The molecule has 8 rings (SSSR count). The second kappa shape index (κ2) is 14.2.